The number of primary amides is 1. The van der Waals surface area contributed by atoms with Crippen molar-refractivity contribution in [2.75, 3.05) is 13.1 Å². The predicted molar refractivity (Wildman–Crippen MR) is 71.3 cm³/mol. The predicted octanol–water partition coefficient (Wildman–Crippen LogP) is 2.29. The number of rotatable bonds is 3. The quantitative estimate of drug-likeness (QED) is 0.930. The van der Waals surface area contributed by atoms with Crippen molar-refractivity contribution in [3.63, 3.8) is 0 Å². The monoisotopic (exact) mass is 314 g/mol. The van der Waals surface area contributed by atoms with Crippen molar-refractivity contribution in [3.8, 4) is 0 Å². The van der Waals surface area contributed by atoms with Crippen LogP contribution in [-0.2, 0) is 11.3 Å². The van der Waals surface area contributed by atoms with E-state index in [-0.39, 0.29) is 17.6 Å². The van der Waals surface area contributed by atoms with E-state index >= 15 is 0 Å². The zero-order chi connectivity index (χ0) is 13.1. The SMILES string of the molecule is NC(=O)C1CCCN(Cc2ccc(Br)cc2F)C1. The van der Waals surface area contributed by atoms with Gasteiger partial charge in [-0.2, -0.15) is 0 Å². The molecule has 1 aliphatic rings. The first-order chi connectivity index (χ1) is 8.56. The number of nitrogens with zero attached hydrogens (tertiary/aromatic N) is 1. The summed E-state index contributed by atoms with van der Waals surface area (Å²) in [5.74, 6) is -0.571. The van der Waals surface area contributed by atoms with Gasteiger partial charge in [-0.25, -0.2) is 4.39 Å². The molecule has 5 heteroatoms. The molecule has 98 valence electrons. The van der Waals surface area contributed by atoms with Crippen LogP contribution in [-0.4, -0.2) is 23.9 Å². The molecule has 0 aliphatic carbocycles. The van der Waals surface area contributed by atoms with Crippen molar-refractivity contribution in [2.45, 2.75) is 19.4 Å². The number of benzene rings is 1. The average Bonchev–Trinajstić information content (AvgIpc) is 2.33. The molecule has 2 rings (SSSR count). The zero-order valence-electron chi connectivity index (χ0n) is 10.0. The first-order valence-electron chi connectivity index (χ1n) is 6.02. The van der Waals surface area contributed by atoms with Crippen LogP contribution in [0.25, 0.3) is 0 Å². The van der Waals surface area contributed by atoms with Crippen molar-refractivity contribution < 1.29 is 9.18 Å². The summed E-state index contributed by atoms with van der Waals surface area (Å²) in [7, 11) is 0. The molecule has 0 saturated carbocycles. The van der Waals surface area contributed by atoms with Gasteiger partial charge in [-0.3, -0.25) is 9.69 Å². The molecule has 1 saturated heterocycles. The molecule has 0 spiro atoms. The van der Waals surface area contributed by atoms with Gasteiger partial charge in [0.15, 0.2) is 0 Å². The Labute approximate surface area is 114 Å². The van der Waals surface area contributed by atoms with Crippen molar-refractivity contribution in [2.24, 2.45) is 11.7 Å². The van der Waals surface area contributed by atoms with Gasteiger partial charge in [0.05, 0.1) is 5.92 Å². The maximum atomic E-state index is 13.7. The molecule has 1 aromatic rings. The summed E-state index contributed by atoms with van der Waals surface area (Å²) in [5.41, 5.74) is 5.98. The summed E-state index contributed by atoms with van der Waals surface area (Å²) in [6.07, 6.45) is 1.78. The van der Waals surface area contributed by atoms with Crippen LogP contribution < -0.4 is 5.73 Å². The second-order valence-corrected chi connectivity index (χ2v) is 5.63. The van der Waals surface area contributed by atoms with E-state index in [4.69, 9.17) is 5.73 Å². The Morgan fingerprint density at radius 2 is 2.33 bits per heavy atom. The molecule has 0 aromatic heterocycles. The molecule has 18 heavy (non-hydrogen) atoms. The molecule has 1 unspecified atom stereocenters. The molecule has 1 aliphatic heterocycles. The van der Waals surface area contributed by atoms with E-state index in [1.54, 1.807) is 6.07 Å². The van der Waals surface area contributed by atoms with Gasteiger partial charge in [0, 0.05) is 23.1 Å². The fourth-order valence-electron chi connectivity index (χ4n) is 2.32. The molecule has 1 atom stereocenters. The van der Waals surface area contributed by atoms with Crippen molar-refractivity contribution in [1.82, 2.24) is 4.90 Å². The van der Waals surface area contributed by atoms with E-state index < -0.39 is 0 Å². The first kappa shape index (κ1) is 13.5. The minimum Gasteiger partial charge on any atom is -0.369 e. The highest BCUT2D eigenvalue weighted by molar-refractivity contribution is 9.10. The third kappa shape index (κ3) is 3.29. The number of carbonyl (C=O) groups excluding carboxylic acids is 1. The Kier molecular flexibility index (Phi) is 4.35. The van der Waals surface area contributed by atoms with E-state index in [1.165, 1.54) is 6.07 Å². The summed E-state index contributed by atoms with van der Waals surface area (Å²) in [5, 5.41) is 0. The summed E-state index contributed by atoms with van der Waals surface area (Å²) >= 11 is 3.24. The second-order valence-electron chi connectivity index (χ2n) is 4.71. The summed E-state index contributed by atoms with van der Waals surface area (Å²) in [4.78, 5) is 13.3. The van der Waals surface area contributed by atoms with Crippen molar-refractivity contribution in [1.29, 1.82) is 0 Å². The van der Waals surface area contributed by atoms with Crippen LogP contribution in [0.4, 0.5) is 4.39 Å². The summed E-state index contributed by atoms with van der Waals surface area (Å²) in [6.45, 7) is 2.05. The number of hydrogen-bond acceptors (Lipinski definition) is 2. The second kappa shape index (κ2) is 5.80. The Morgan fingerprint density at radius 1 is 1.56 bits per heavy atom. The lowest BCUT2D eigenvalue weighted by Crippen LogP contribution is -2.40. The van der Waals surface area contributed by atoms with E-state index in [9.17, 15) is 9.18 Å². The van der Waals surface area contributed by atoms with Gasteiger partial charge in [-0.15, -0.1) is 0 Å². The van der Waals surface area contributed by atoms with Gasteiger partial charge in [0.25, 0.3) is 0 Å². The maximum absolute atomic E-state index is 13.7. The molecule has 0 radical (unpaired) electrons. The largest absolute Gasteiger partial charge is 0.369 e. The minimum absolute atomic E-state index is 0.0998. The molecular weight excluding hydrogens is 299 g/mol. The Balaban J connectivity index is 2.02. The fourth-order valence-corrected chi connectivity index (χ4v) is 2.66. The van der Waals surface area contributed by atoms with Crippen LogP contribution in [0.5, 0.6) is 0 Å². The standard InChI is InChI=1S/C13H16BrFN2O/c14-11-4-3-9(12(15)6-11)7-17-5-1-2-10(8-17)13(16)18/h3-4,6,10H,1-2,5,7-8H2,(H2,16,18). The molecule has 1 fully saturated rings. The number of hydrogen-bond donors (Lipinski definition) is 1. The number of nitrogens with two attached hydrogens (primary N) is 1. The third-order valence-electron chi connectivity index (χ3n) is 3.32. The number of carbonyl (C=O) groups is 1. The number of piperidine rings is 1. The molecule has 3 nitrogen and oxygen atoms in total. The van der Waals surface area contributed by atoms with Gasteiger partial charge >= 0.3 is 0 Å². The lowest BCUT2D eigenvalue weighted by atomic mass is 9.97. The molecule has 2 N–H and O–H groups in total. The number of amides is 1. The normalized spacial score (nSPS) is 20.9. The average molecular weight is 315 g/mol. The van der Waals surface area contributed by atoms with Crippen LogP contribution in [0.3, 0.4) is 0 Å². The van der Waals surface area contributed by atoms with E-state index in [0.29, 0.717) is 18.7 Å². The van der Waals surface area contributed by atoms with Crippen molar-refractivity contribution >= 4 is 21.8 Å². The number of halogens is 2. The van der Waals surface area contributed by atoms with Crippen molar-refractivity contribution in [3.05, 3.63) is 34.1 Å². The molecule has 1 heterocycles. The van der Waals surface area contributed by atoms with Crippen LogP contribution in [0, 0.1) is 11.7 Å². The Hall–Kier alpha value is -0.940. The van der Waals surface area contributed by atoms with E-state index in [1.807, 2.05) is 6.07 Å². The molecule has 0 bridgehead atoms. The van der Waals surface area contributed by atoms with Gasteiger partial charge < -0.3 is 5.73 Å². The smallest absolute Gasteiger partial charge is 0.221 e. The van der Waals surface area contributed by atoms with Crippen LogP contribution in [0.2, 0.25) is 0 Å². The minimum atomic E-state index is -0.254. The van der Waals surface area contributed by atoms with E-state index in [0.717, 1.165) is 23.9 Å². The lowest BCUT2D eigenvalue weighted by molar-refractivity contribution is -0.123. The van der Waals surface area contributed by atoms with Gasteiger partial charge in [0.1, 0.15) is 5.82 Å². The Morgan fingerprint density at radius 3 is 3.00 bits per heavy atom. The zero-order valence-corrected chi connectivity index (χ0v) is 11.6. The highest BCUT2D eigenvalue weighted by Crippen LogP contribution is 2.21. The summed E-state index contributed by atoms with van der Waals surface area (Å²) in [6, 6.07) is 5.06. The van der Waals surface area contributed by atoms with Gasteiger partial charge in [0.2, 0.25) is 5.91 Å². The first-order valence-corrected chi connectivity index (χ1v) is 6.81. The molecular formula is C13H16BrFN2O. The van der Waals surface area contributed by atoms with Gasteiger partial charge in [-0.1, -0.05) is 22.0 Å². The summed E-state index contributed by atoms with van der Waals surface area (Å²) < 4.78 is 14.4. The van der Waals surface area contributed by atoms with Crippen LogP contribution in [0.1, 0.15) is 18.4 Å². The van der Waals surface area contributed by atoms with E-state index in [2.05, 4.69) is 20.8 Å². The molecule has 1 aromatic carbocycles. The lowest BCUT2D eigenvalue weighted by Gasteiger charge is -2.31. The highest BCUT2D eigenvalue weighted by Gasteiger charge is 2.24. The molecule has 1 amide bonds. The van der Waals surface area contributed by atoms with Crippen LogP contribution in [0.15, 0.2) is 22.7 Å². The van der Waals surface area contributed by atoms with Gasteiger partial charge in [-0.05, 0) is 31.5 Å². The van der Waals surface area contributed by atoms with Crippen LogP contribution >= 0.6 is 15.9 Å². The Bertz CT molecular complexity index is 453. The third-order valence-corrected chi connectivity index (χ3v) is 3.81. The number of likely N-dealkylation sites (tertiary alicyclic amines) is 1. The topological polar surface area (TPSA) is 46.3 Å². The maximum Gasteiger partial charge on any atom is 0.221 e. The fraction of sp³-hybridized carbons (Fsp3) is 0.462. The highest BCUT2D eigenvalue weighted by atomic mass is 79.9.